The zero-order chi connectivity index (χ0) is 41.7. The molecule has 56 heavy (non-hydrogen) atoms. The third kappa shape index (κ3) is 9.75. The Balaban J connectivity index is 1.89. The molecule has 1 N–H and O–H groups in total. The first-order valence-electron chi connectivity index (χ1n) is 20.0. The molecule has 3 aliphatic rings. The summed E-state index contributed by atoms with van der Waals surface area (Å²) in [7, 11) is 5.23. The number of benzene rings is 1. The second kappa shape index (κ2) is 19.1. The number of esters is 2. The number of hydrogen-bond donors (Lipinski definition) is 1. The first kappa shape index (κ1) is 45.6. The van der Waals surface area contributed by atoms with Crippen LogP contribution in [0.15, 0.2) is 30.3 Å². The minimum absolute atomic E-state index is 0.0956. The highest BCUT2D eigenvalue weighted by atomic mass is 16.8. The number of cyclic esters (lactones) is 1. The van der Waals surface area contributed by atoms with Crippen LogP contribution >= 0.6 is 0 Å². The molecule has 0 bridgehead atoms. The van der Waals surface area contributed by atoms with Crippen LogP contribution < -0.4 is 0 Å². The van der Waals surface area contributed by atoms with E-state index in [0.717, 1.165) is 0 Å². The first-order valence-corrected chi connectivity index (χ1v) is 20.0. The van der Waals surface area contributed by atoms with Crippen LogP contribution in [0.1, 0.15) is 99.7 Å². The molecule has 316 valence electrons. The van der Waals surface area contributed by atoms with E-state index in [1.165, 1.54) is 7.11 Å². The fourth-order valence-corrected chi connectivity index (χ4v) is 8.76. The number of carbonyl (C=O) groups is 4. The highest BCUT2D eigenvalue weighted by molar-refractivity contribution is 5.84. The van der Waals surface area contributed by atoms with Gasteiger partial charge in [0.1, 0.15) is 24.1 Å². The number of methoxy groups -OCH3 is 1. The Hall–Kier alpha value is -3.14. The third-order valence-corrected chi connectivity index (χ3v) is 12.0. The highest BCUT2D eigenvalue weighted by Gasteiger charge is 2.59. The summed E-state index contributed by atoms with van der Waals surface area (Å²) in [6.07, 6.45) is -7.49. The van der Waals surface area contributed by atoms with Crippen LogP contribution in [0.3, 0.4) is 0 Å². The molecular formula is C42H65NO13. The van der Waals surface area contributed by atoms with Gasteiger partial charge in [0, 0.05) is 31.6 Å². The minimum atomic E-state index is -1.51. The van der Waals surface area contributed by atoms with Gasteiger partial charge in [-0.2, -0.15) is 0 Å². The Bertz CT molecular complexity index is 1490. The SMILES string of the molecule is CCCO[C@H](C(=O)O[C@@H]1[C@H](C)[C@@H](O[C@@H]2O[C@H](C)C[C@H](N(C)C)[C@H]2O)[C@@](C)(OC)C[C@@H](C)C(=O)[C@@H](C)[C@H]2OC(=O)O[C@]2(C)[C@H](CC)OC(=O)[C@@H]1C)c1ccccc1. The van der Waals surface area contributed by atoms with Gasteiger partial charge in [-0.3, -0.25) is 9.59 Å². The van der Waals surface area contributed by atoms with Gasteiger partial charge in [0.15, 0.2) is 24.1 Å². The maximum absolute atomic E-state index is 14.4. The average molecular weight is 792 g/mol. The molecule has 1 aromatic rings. The van der Waals surface area contributed by atoms with Crippen molar-refractivity contribution in [2.24, 2.45) is 23.7 Å². The molecule has 0 amide bonds. The Labute approximate surface area is 332 Å². The van der Waals surface area contributed by atoms with Gasteiger partial charge in [-0.15, -0.1) is 0 Å². The Morgan fingerprint density at radius 1 is 1.00 bits per heavy atom. The summed E-state index contributed by atoms with van der Waals surface area (Å²) >= 11 is 0. The van der Waals surface area contributed by atoms with E-state index in [-0.39, 0.29) is 37.4 Å². The molecule has 4 rings (SSSR count). The predicted molar refractivity (Wildman–Crippen MR) is 204 cm³/mol. The lowest BCUT2D eigenvalue weighted by atomic mass is 9.74. The van der Waals surface area contributed by atoms with Crippen LogP contribution in [0.4, 0.5) is 4.79 Å². The topological polar surface area (TPSA) is 166 Å². The van der Waals surface area contributed by atoms with Crippen molar-refractivity contribution >= 4 is 23.9 Å². The first-order chi connectivity index (χ1) is 26.3. The van der Waals surface area contributed by atoms with Gasteiger partial charge in [0.05, 0.1) is 29.6 Å². The van der Waals surface area contributed by atoms with Gasteiger partial charge in [-0.05, 0) is 73.0 Å². The van der Waals surface area contributed by atoms with Gasteiger partial charge in [-0.1, -0.05) is 65.0 Å². The van der Waals surface area contributed by atoms with Crippen molar-refractivity contribution in [1.29, 1.82) is 0 Å². The molecule has 14 nitrogen and oxygen atoms in total. The second-order valence-corrected chi connectivity index (χ2v) is 16.6. The number of ketones is 1. The number of aliphatic hydroxyl groups excluding tert-OH is 1. The molecule has 1 aromatic carbocycles. The lowest BCUT2D eigenvalue weighted by Gasteiger charge is -2.48. The summed E-state index contributed by atoms with van der Waals surface area (Å²) in [6.45, 7) is 16.1. The summed E-state index contributed by atoms with van der Waals surface area (Å²) in [5.74, 6) is -5.22. The molecule has 3 aliphatic heterocycles. The van der Waals surface area contributed by atoms with Crippen LogP contribution in [0.5, 0.6) is 0 Å². The zero-order valence-electron chi connectivity index (χ0n) is 35.2. The standard InChI is InChI=1S/C42H65NO13/c1-13-20-50-34(28-18-16-15-17-19-28)38(47)53-33-26(6)35(54-39-32(45)29(43(10)11)21-24(4)51-39)41(8,49-12)22-23(3)31(44)25(5)36-42(9,56-40(48)55-36)30(14-2)52-37(46)27(33)7/h15-19,23-27,29-30,32-36,39,45H,13-14,20-22H2,1-12H3/t23-,24-,25-,26+,27-,29+,30+,32-,33-,34+,35-,36-,39+,41+,42-/m1/s1. The summed E-state index contributed by atoms with van der Waals surface area (Å²) in [6, 6.07) is 8.64. The summed E-state index contributed by atoms with van der Waals surface area (Å²) in [5.41, 5.74) is -2.24. The summed E-state index contributed by atoms with van der Waals surface area (Å²) in [5, 5.41) is 11.6. The Morgan fingerprint density at radius 3 is 2.25 bits per heavy atom. The number of Topliss-reactive ketones (excluding diaryl/α,β-unsaturated/α-hetero) is 1. The van der Waals surface area contributed by atoms with Gasteiger partial charge >= 0.3 is 18.1 Å². The van der Waals surface area contributed by atoms with E-state index in [2.05, 4.69) is 0 Å². The molecule has 0 saturated carbocycles. The Morgan fingerprint density at radius 2 is 1.66 bits per heavy atom. The van der Waals surface area contributed by atoms with E-state index < -0.39 is 95.9 Å². The number of hydrogen-bond acceptors (Lipinski definition) is 14. The van der Waals surface area contributed by atoms with Crippen molar-refractivity contribution in [3.63, 3.8) is 0 Å². The zero-order valence-corrected chi connectivity index (χ0v) is 35.2. The molecule has 3 fully saturated rings. The van der Waals surface area contributed by atoms with Gasteiger partial charge in [0.25, 0.3) is 0 Å². The average Bonchev–Trinajstić information content (AvgIpc) is 3.48. The molecule has 15 atom stereocenters. The van der Waals surface area contributed by atoms with E-state index >= 15 is 0 Å². The molecule has 3 heterocycles. The van der Waals surface area contributed by atoms with E-state index in [4.69, 9.17) is 37.9 Å². The van der Waals surface area contributed by atoms with Gasteiger partial charge < -0.3 is 47.9 Å². The van der Waals surface area contributed by atoms with Crippen LogP contribution in [0.25, 0.3) is 0 Å². The molecule has 14 heteroatoms. The lowest BCUT2D eigenvalue weighted by Crippen LogP contribution is -2.60. The smallest absolute Gasteiger partial charge is 0.459 e. The molecule has 3 saturated heterocycles. The van der Waals surface area contributed by atoms with Crippen molar-refractivity contribution in [3.05, 3.63) is 35.9 Å². The highest BCUT2D eigenvalue weighted by Crippen LogP contribution is 2.43. The number of nitrogens with zero attached hydrogens (tertiary/aromatic N) is 1. The van der Waals surface area contributed by atoms with E-state index in [0.29, 0.717) is 18.4 Å². The summed E-state index contributed by atoms with van der Waals surface area (Å²) in [4.78, 5) is 57.7. The van der Waals surface area contributed by atoms with Gasteiger partial charge in [0.2, 0.25) is 0 Å². The quantitative estimate of drug-likeness (QED) is 0.223. The molecular weight excluding hydrogens is 726 g/mol. The van der Waals surface area contributed by atoms with E-state index in [1.54, 1.807) is 72.7 Å². The van der Waals surface area contributed by atoms with E-state index in [9.17, 15) is 24.3 Å². The summed E-state index contributed by atoms with van der Waals surface area (Å²) < 4.78 is 49.3. The van der Waals surface area contributed by atoms with Crippen molar-refractivity contribution in [3.8, 4) is 0 Å². The molecule has 0 spiro atoms. The predicted octanol–water partition coefficient (Wildman–Crippen LogP) is 5.42. The number of rotatable bonds is 11. The maximum atomic E-state index is 14.4. The lowest BCUT2D eigenvalue weighted by molar-refractivity contribution is -0.302. The fraction of sp³-hybridized carbons (Fsp3) is 0.762. The Kier molecular flexibility index (Phi) is 15.5. The van der Waals surface area contributed by atoms with E-state index in [1.807, 2.05) is 38.9 Å². The fourth-order valence-electron chi connectivity index (χ4n) is 8.76. The number of carbonyl (C=O) groups excluding carboxylic acids is 4. The monoisotopic (exact) mass is 791 g/mol. The van der Waals surface area contributed by atoms with Crippen LogP contribution in [-0.4, -0.2) is 122 Å². The van der Waals surface area contributed by atoms with Crippen LogP contribution in [0, 0.1) is 23.7 Å². The van der Waals surface area contributed by atoms with Crippen molar-refractivity contribution in [2.75, 3.05) is 27.8 Å². The molecule has 0 aliphatic carbocycles. The minimum Gasteiger partial charge on any atom is -0.459 e. The molecule has 0 unspecified atom stereocenters. The molecule has 0 aromatic heterocycles. The van der Waals surface area contributed by atoms with Crippen LogP contribution in [-0.2, 0) is 52.3 Å². The van der Waals surface area contributed by atoms with Gasteiger partial charge in [-0.25, -0.2) is 9.59 Å². The maximum Gasteiger partial charge on any atom is 0.509 e. The number of likely N-dealkylation sites (N-methyl/N-ethyl adjacent to an activating group) is 1. The number of fused-ring (bicyclic) bond motifs is 1. The largest absolute Gasteiger partial charge is 0.509 e. The number of ether oxygens (including phenoxy) is 8. The number of aliphatic hydroxyl groups is 1. The van der Waals surface area contributed by atoms with Crippen molar-refractivity contribution in [1.82, 2.24) is 4.90 Å². The second-order valence-electron chi connectivity index (χ2n) is 16.6. The van der Waals surface area contributed by atoms with Crippen molar-refractivity contribution in [2.45, 2.75) is 154 Å². The molecule has 0 radical (unpaired) electrons. The third-order valence-electron chi connectivity index (χ3n) is 12.0. The normalized spacial score (nSPS) is 39.1. The van der Waals surface area contributed by atoms with Crippen molar-refractivity contribution < 1.29 is 62.2 Å². The van der Waals surface area contributed by atoms with Crippen LogP contribution in [0.2, 0.25) is 0 Å².